The lowest BCUT2D eigenvalue weighted by Crippen LogP contribution is -2.29. The molecular weight excluding hydrogens is 326 g/mol. The Morgan fingerprint density at radius 2 is 2.16 bits per heavy atom. The number of nitrogens with two attached hydrogens (primary N) is 1. The van der Waals surface area contributed by atoms with Gasteiger partial charge >= 0.3 is 0 Å². The van der Waals surface area contributed by atoms with E-state index in [4.69, 9.17) is 18.0 Å². The van der Waals surface area contributed by atoms with Gasteiger partial charge in [-0.2, -0.15) is 0 Å². The van der Waals surface area contributed by atoms with Crippen molar-refractivity contribution in [2.75, 3.05) is 18.4 Å². The minimum absolute atomic E-state index is 0.173. The molecule has 0 saturated heterocycles. The highest BCUT2D eigenvalue weighted by atomic mass is 79.9. The molecule has 0 radical (unpaired) electrons. The number of thiocarbonyl (C=S) groups is 1. The molecular formula is C13H16BrN3OS. The minimum atomic E-state index is 0.173. The minimum Gasteiger partial charge on any atom is -0.389 e. The van der Waals surface area contributed by atoms with Crippen LogP contribution in [-0.4, -0.2) is 24.0 Å². The van der Waals surface area contributed by atoms with Crippen molar-refractivity contribution in [1.29, 1.82) is 0 Å². The monoisotopic (exact) mass is 341 g/mol. The van der Waals surface area contributed by atoms with E-state index in [0.29, 0.717) is 18.1 Å². The molecule has 0 bridgehead atoms. The average molecular weight is 342 g/mol. The highest BCUT2D eigenvalue weighted by Crippen LogP contribution is 2.28. The number of amides is 1. The van der Waals surface area contributed by atoms with E-state index in [1.807, 2.05) is 18.2 Å². The first-order valence-electron chi connectivity index (χ1n) is 6.19. The Kier molecular flexibility index (Phi) is 4.76. The highest BCUT2D eigenvalue weighted by molar-refractivity contribution is 9.10. The van der Waals surface area contributed by atoms with Crippen LogP contribution in [0.25, 0.3) is 0 Å². The zero-order valence-electron chi connectivity index (χ0n) is 10.4. The third kappa shape index (κ3) is 4.18. The van der Waals surface area contributed by atoms with Crippen LogP contribution in [0.1, 0.15) is 18.4 Å². The standard InChI is InChI=1S/C13H16BrN3OS/c14-11-7-9(3-4-10(11)12(15)19)16-5-6-17-13(18)8-1-2-8/h3-4,7-8,16H,1-2,5-6H2,(H2,15,19)(H,17,18). The molecule has 0 atom stereocenters. The van der Waals surface area contributed by atoms with Crippen LogP contribution in [0.4, 0.5) is 5.69 Å². The molecule has 0 aliphatic heterocycles. The quantitative estimate of drug-likeness (QED) is 0.547. The van der Waals surface area contributed by atoms with E-state index in [1.54, 1.807) is 0 Å². The van der Waals surface area contributed by atoms with Crippen molar-refractivity contribution in [2.45, 2.75) is 12.8 Å². The second-order valence-corrected chi connectivity index (χ2v) is 5.85. The molecule has 1 fully saturated rings. The summed E-state index contributed by atoms with van der Waals surface area (Å²) in [5, 5.41) is 6.14. The van der Waals surface area contributed by atoms with Gasteiger partial charge in [0.15, 0.2) is 0 Å². The summed E-state index contributed by atoms with van der Waals surface area (Å²) >= 11 is 8.37. The first-order chi connectivity index (χ1) is 9.08. The highest BCUT2D eigenvalue weighted by Gasteiger charge is 2.28. The van der Waals surface area contributed by atoms with Crippen LogP contribution < -0.4 is 16.4 Å². The number of anilines is 1. The molecule has 1 aliphatic rings. The number of carbonyl (C=O) groups is 1. The van der Waals surface area contributed by atoms with Gasteiger partial charge in [0, 0.05) is 34.7 Å². The van der Waals surface area contributed by atoms with Crippen molar-refractivity contribution in [2.24, 2.45) is 11.7 Å². The van der Waals surface area contributed by atoms with Crippen molar-refractivity contribution in [1.82, 2.24) is 5.32 Å². The van der Waals surface area contributed by atoms with E-state index in [2.05, 4.69) is 26.6 Å². The number of rotatable bonds is 6. The van der Waals surface area contributed by atoms with Gasteiger partial charge < -0.3 is 16.4 Å². The SMILES string of the molecule is NC(=S)c1ccc(NCCNC(=O)C2CC2)cc1Br. The van der Waals surface area contributed by atoms with E-state index in [1.165, 1.54) is 0 Å². The summed E-state index contributed by atoms with van der Waals surface area (Å²) in [6, 6.07) is 5.72. The lowest BCUT2D eigenvalue weighted by Gasteiger charge is -2.09. The molecule has 102 valence electrons. The first kappa shape index (κ1) is 14.3. The first-order valence-corrected chi connectivity index (χ1v) is 7.39. The average Bonchev–Trinajstić information content (AvgIpc) is 3.18. The summed E-state index contributed by atoms with van der Waals surface area (Å²) in [7, 11) is 0. The van der Waals surface area contributed by atoms with E-state index < -0.39 is 0 Å². The Balaban J connectivity index is 1.77. The normalized spacial score (nSPS) is 13.9. The van der Waals surface area contributed by atoms with Crippen LogP contribution in [0.3, 0.4) is 0 Å². The second kappa shape index (κ2) is 6.34. The predicted octanol–water partition coefficient (Wildman–Crippen LogP) is 2.02. The maximum atomic E-state index is 11.4. The molecule has 0 spiro atoms. The van der Waals surface area contributed by atoms with Crippen molar-refractivity contribution in [3.8, 4) is 0 Å². The Labute approximate surface area is 126 Å². The van der Waals surface area contributed by atoms with Crippen molar-refractivity contribution in [3.05, 3.63) is 28.2 Å². The number of carbonyl (C=O) groups excluding carboxylic acids is 1. The summed E-state index contributed by atoms with van der Waals surface area (Å²) in [5.74, 6) is 0.436. The Hall–Kier alpha value is -1.14. The summed E-state index contributed by atoms with van der Waals surface area (Å²) < 4.78 is 0.868. The third-order valence-electron chi connectivity index (χ3n) is 2.94. The third-order valence-corrected chi connectivity index (χ3v) is 3.81. The maximum Gasteiger partial charge on any atom is 0.223 e. The van der Waals surface area contributed by atoms with Gasteiger partial charge in [-0.25, -0.2) is 0 Å². The molecule has 2 rings (SSSR count). The Bertz CT molecular complexity index is 503. The van der Waals surface area contributed by atoms with Gasteiger partial charge in [-0.05, 0) is 47.0 Å². The number of benzene rings is 1. The van der Waals surface area contributed by atoms with Crippen LogP contribution in [0.2, 0.25) is 0 Å². The zero-order chi connectivity index (χ0) is 13.8. The van der Waals surface area contributed by atoms with E-state index >= 15 is 0 Å². The van der Waals surface area contributed by atoms with Crippen molar-refractivity contribution < 1.29 is 4.79 Å². The molecule has 4 N–H and O–H groups in total. The Morgan fingerprint density at radius 3 is 2.74 bits per heavy atom. The molecule has 0 heterocycles. The fraction of sp³-hybridized carbons (Fsp3) is 0.385. The Morgan fingerprint density at radius 1 is 1.42 bits per heavy atom. The fourth-order valence-electron chi connectivity index (χ4n) is 1.71. The van der Waals surface area contributed by atoms with Gasteiger partial charge in [0.1, 0.15) is 4.99 Å². The smallest absolute Gasteiger partial charge is 0.223 e. The lowest BCUT2D eigenvalue weighted by atomic mass is 10.2. The summed E-state index contributed by atoms with van der Waals surface area (Å²) in [5.41, 5.74) is 7.37. The van der Waals surface area contributed by atoms with Gasteiger partial charge in [0.2, 0.25) is 5.91 Å². The summed E-state index contributed by atoms with van der Waals surface area (Å²) in [6.07, 6.45) is 2.07. The van der Waals surface area contributed by atoms with Gasteiger partial charge in [-0.3, -0.25) is 4.79 Å². The topological polar surface area (TPSA) is 67.2 Å². The van der Waals surface area contributed by atoms with Crippen molar-refractivity contribution >= 4 is 44.7 Å². The molecule has 0 aromatic heterocycles. The molecule has 0 unspecified atom stereocenters. The molecule has 1 aromatic rings. The van der Waals surface area contributed by atoms with E-state index in [0.717, 1.165) is 28.6 Å². The van der Waals surface area contributed by atoms with Crippen LogP contribution in [-0.2, 0) is 4.79 Å². The summed E-state index contributed by atoms with van der Waals surface area (Å²) in [6.45, 7) is 1.32. The maximum absolute atomic E-state index is 11.4. The second-order valence-electron chi connectivity index (χ2n) is 4.55. The van der Waals surface area contributed by atoms with Crippen LogP contribution in [0.15, 0.2) is 22.7 Å². The number of halogens is 1. The van der Waals surface area contributed by atoms with Gasteiger partial charge in [0.25, 0.3) is 0 Å². The van der Waals surface area contributed by atoms with Crippen LogP contribution in [0, 0.1) is 5.92 Å². The fourth-order valence-corrected chi connectivity index (χ4v) is 2.61. The molecule has 1 amide bonds. The van der Waals surface area contributed by atoms with Gasteiger partial charge in [-0.15, -0.1) is 0 Å². The predicted molar refractivity (Wildman–Crippen MR) is 84.3 cm³/mol. The van der Waals surface area contributed by atoms with Crippen molar-refractivity contribution in [3.63, 3.8) is 0 Å². The molecule has 1 saturated carbocycles. The number of nitrogens with one attached hydrogen (secondary N) is 2. The molecule has 6 heteroatoms. The number of hydrogen-bond acceptors (Lipinski definition) is 3. The summed E-state index contributed by atoms with van der Waals surface area (Å²) in [4.78, 5) is 11.8. The van der Waals surface area contributed by atoms with E-state index in [-0.39, 0.29) is 11.8 Å². The van der Waals surface area contributed by atoms with Gasteiger partial charge in [-0.1, -0.05) is 12.2 Å². The molecule has 19 heavy (non-hydrogen) atoms. The molecule has 4 nitrogen and oxygen atoms in total. The van der Waals surface area contributed by atoms with Crippen LogP contribution >= 0.6 is 28.1 Å². The van der Waals surface area contributed by atoms with E-state index in [9.17, 15) is 4.79 Å². The number of hydrogen-bond donors (Lipinski definition) is 3. The lowest BCUT2D eigenvalue weighted by molar-refractivity contribution is -0.122. The van der Waals surface area contributed by atoms with Crippen LogP contribution in [0.5, 0.6) is 0 Å². The largest absolute Gasteiger partial charge is 0.389 e. The zero-order valence-corrected chi connectivity index (χ0v) is 12.8. The van der Waals surface area contributed by atoms with Gasteiger partial charge in [0.05, 0.1) is 0 Å². The molecule has 1 aromatic carbocycles. The molecule has 1 aliphatic carbocycles.